The Labute approximate surface area is 115 Å². The van der Waals surface area contributed by atoms with E-state index in [0.717, 1.165) is 11.4 Å². The first-order valence-corrected chi connectivity index (χ1v) is 7.03. The number of rotatable bonds is 5. The van der Waals surface area contributed by atoms with Gasteiger partial charge in [-0.15, -0.1) is 0 Å². The van der Waals surface area contributed by atoms with E-state index in [4.69, 9.17) is 15.2 Å². The van der Waals surface area contributed by atoms with Crippen molar-refractivity contribution in [3.05, 3.63) is 11.9 Å². The quantitative estimate of drug-likeness (QED) is 0.886. The highest BCUT2D eigenvalue weighted by molar-refractivity contribution is 5.29. The molecular formula is C14H25N3O2. The Kier molecular flexibility index (Phi) is 4.82. The van der Waals surface area contributed by atoms with Crippen LogP contribution in [0, 0.1) is 5.92 Å². The smallest absolute Gasteiger partial charge is 0.161 e. The molecule has 0 aromatic carbocycles. The van der Waals surface area contributed by atoms with Crippen molar-refractivity contribution in [1.82, 2.24) is 9.78 Å². The van der Waals surface area contributed by atoms with Gasteiger partial charge in [0.25, 0.3) is 0 Å². The van der Waals surface area contributed by atoms with Crippen molar-refractivity contribution in [3.63, 3.8) is 0 Å². The molecular weight excluding hydrogens is 242 g/mol. The fraction of sp³-hybridized carbons (Fsp3) is 0.786. The van der Waals surface area contributed by atoms with Crippen LogP contribution in [-0.2, 0) is 11.8 Å². The van der Waals surface area contributed by atoms with Gasteiger partial charge < -0.3 is 15.2 Å². The maximum absolute atomic E-state index is 6.44. The second kappa shape index (κ2) is 6.39. The molecule has 1 saturated carbocycles. The van der Waals surface area contributed by atoms with Gasteiger partial charge in [0.1, 0.15) is 0 Å². The molecule has 2 atom stereocenters. The zero-order valence-electron chi connectivity index (χ0n) is 12.1. The maximum Gasteiger partial charge on any atom is 0.161 e. The van der Waals surface area contributed by atoms with E-state index in [0.29, 0.717) is 5.92 Å². The standard InChI is InChI=1S/C14H25N3O2/c1-17-13(11(18-2)9-16-17)12(15)14(19-3)10-7-5-4-6-8-10/h9-10,12,14H,4-8,15H2,1-3H3. The first kappa shape index (κ1) is 14.3. The molecule has 2 unspecified atom stereocenters. The minimum Gasteiger partial charge on any atom is -0.493 e. The largest absolute Gasteiger partial charge is 0.493 e. The zero-order chi connectivity index (χ0) is 13.8. The van der Waals surface area contributed by atoms with Gasteiger partial charge in [0.2, 0.25) is 0 Å². The van der Waals surface area contributed by atoms with Crippen LogP contribution in [0.4, 0.5) is 0 Å². The van der Waals surface area contributed by atoms with Gasteiger partial charge in [-0.1, -0.05) is 19.3 Å². The Morgan fingerprint density at radius 2 is 2.00 bits per heavy atom. The molecule has 0 bridgehead atoms. The van der Waals surface area contributed by atoms with Crippen LogP contribution in [0.15, 0.2) is 6.20 Å². The summed E-state index contributed by atoms with van der Waals surface area (Å²) in [5.41, 5.74) is 7.35. The number of aromatic nitrogens is 2. The number of hydrogen-bond donors (Lipinski definition) is 1. The molecule has 1 aromatic heterocycles. The van der Waals surface area contributed by atoms with Crippen LogP contribution >= 0.6 is 0 Å². The van der Waals surface area contributed by atoms with Gasteiger partial charge in [0.05, 0.1) is 31.1 Å². The van der Waals surface area contributed by atoms with E-state index in [-0.39, 0.29) is 12.1 Å². The second-order valence-electron chi connectivity index (χ2n) is 5.35. The second-order valence-corrected chi connectivity index (χ2v) is 5.35. The van der Waals surface area contributed by atoms with Crippen LogP contribution in [0.3, 0.4) is 0 Å². The normalized spacial score (nSPS) is 20.2. The Hall–Kier alpha value is -1.07. The van der Waals surface area contributed by atoms with E-state index in [2.05, 4.69) is 5.10 Å². The van der Waals surface area contributed by atoms with Gasteiger partial charge >= 0.3 is 0 Å². The number of hydrogen-bond acceptors (Lipinski definition) is 4. The molecule has 2 rings (SSSR count). The summed E-state index contributed by atoms with van der Waals surface area (Å²) in [7, 11) is 5.29. The van der Waals surface area contributed by atoms with Gasteiger partial charge in [-0.3, -0.25) is 4.68 Å². The molecule has 19 heavy (non-hydrogen) atoms. The number of aryl methyl sites for hydroxylation is 1. The third-order valence-corrected chi connectivity index (χ3v) is 4.23. The van der Waals surface area contributed by atoms with E-state index in [1.54, 1.807) is 25.1 Å². The van der Waals surface area contributed by atoms with Crippen LogP contribution in [-0.4, -0.2) is 30.1 Å². The lowest BCUT2D eigenvalue weighted by Crippen LogP contribution is -2.37. The predicted octanol–water partition coefficient (Wildman–Crippen LogP) is 2.02. The summed E-state index contributed by atoms with van der Waals surface area (Å²) in [6, 6.07) is -0.199. The van der Waals surface area contributed by atoms with E-state index in [9.17, 15) is 0 Å². The average Bonchev–Trinajstić information content (AvgIpc) is 2.81. The summed E-state index contributed by atoms with van der Waals surface area (Å²) in [5.74, 6) is 1.28. The number of nitrogens with two attached hydrogens (primary N) is 1. The monoisotopic (exact) mass is 267 g/mol. The summed E-state index contributed by atoms with van der Waals surface area (Å²) in [4.78, 5) is 0. The molecule has 1 heterocycles. The third kappa shape index (κ3) is 2.92. The Balaban J connectivity index is 2.19. The Morgan fingerprint density at radius 3 is 2.58 bits per heavy atom. The molecule has 1 fully saturated rings. The zero-order valence-corrected chi connectivity index (χ0v) is 12.1. The minimum atomic E-state index is -0.199. The molecule has 1 aliphatic carbocycles. The van der Waals surface area contributed by atoms with Gasteiger partial charge in [-0.2, -0.15) is 5.10 Å². The van der Waals surface area contributed by atoms with Gasteiger partial charge in [0.15, 0.2) is 5.75 Å². The Morgan fingerprint density at radius 1 is 1.32 bits per heavy atom. The number of ether oxygens (including phenoxy) is 2. The molecule has 1 aromatic rings. The first-order valence-electron chi connectivity index (χ1n) is 7.03. The van der Waals surface area contributed by atoms with Crippen molar-refractivity contribution in [1.29, 1.82) is 0 Å². The van der Waals surface area contributed by atoms with Crippen LogP contribution < -0.4 is 10.5 Å². The first-order chi connectivity index (χ1) is 9.19. The van der Waals surface area contributed by atoms with Crippen molar-refractivity contribution in [3.8, 4) is 5.75 Å². The summed E-state index contributed by atoms with van der Waals surface area (Å²) in [6.07, 6.45) is 8.03. The van der Waals surface area contributed by atoms with E-state index < -0.39 is 0 Å². The fourth-order valence-electron chi connectivity index (χ4n) is 3.21. The van der Waals surface area contributed by atoms with Gasteiger partial charge in [-0.05, 0) is 18.8 Å². The molecule has 5 nitrogen and oxygen atoms in total. The lowest BCUT2D eigenvalue weighted by atomic mass is 9.82. The summed E-state index contributed by atoms with van der Waals surface area (Å²) in [5, 5.41) is 4.23. The van der Waals surface area contributed by atoms with Gasteiger partial charge in [-0.25, -0.2) is 0 Å². The van der Waals surface area contributed by atoms with Crippen molar-refractivity contribution in [2.45, 2.75) is 44.2 Å². The highest BCUT2D eigenvalue weighted by atomic mass is 16.5. The Bertz CT molecular complexity index is 399. The van der Waals surface area contributed by atoms with E-state index in [1.165, 1.54) is 32.1 Å². The van der Waals surface area contributed by atoms with Crippen LogP contribution in [0.25, 0.3) is 0 Å². The van der Waals surface area contributed by atoms with E-state index in [1.807, 2.05) is 7.05 Å². The van der Waals surface area contributed by atoms with Crippen molar-refractivity contribution in [2.24, 2.45) is 18.7 Å². The number of nitrogens with zero attached hydrogens (tertiary/aromatic N) is 2. The molecule has 0 aliphatic heterocycles. The van der Waals surface area contributed by atoms with Crippen LogP contribution in [0.5, 0.6) is 5.75 Å². The summed E-state index contributed by atoms with van der Waals surface area (Å²) in [6.45, 7) is 0. The van der Waals surface area contributed by atoms with E-state index >= 15 is 0 Å². The maximum atomic E-state index is 6.44. The highest BCUT2D eigenvalue weighted by Crippen LogP contribution is 2.35. The molecule has 2 N–H and O–H groups in total. The average molecular weight is 267 g/mol. The molecule has 1 aliphatic rings. The van der Waals surface area contributed by atoms with Crippen molar-refractivity contribution < 1.29 is 9.47 Å². The van der Waals surface area contributed by atoms with Gasteiger partial charge in [0, 0.05) is 14.2 Å². The predicted molar refractivity (Wildman–Crippen MR) is 74.1 cm³/mol. The van der Waals surface area contributed by atoms with Crippen molar-refractivity contribution >= 4 is 0 Å². The molecule has 0 radical (unpaired) electrons. The molecule has 108 valence electrons. The molecule has 0 saturated heterocycles. The third-order valence-electron chi connectivity index (χ3n) is 4.23. The summed E-state index contributed by atoms with van der Waals surface area (Å²) < 4.78 is 12.8. The highest BCUT2D eigenvalue weighted by Gasteiger charge is 2.32. The molecule has 0 amide bonds. The molecule has 0 spiro atoms. The lowest BCUT2D eigenvalue weighted by molar-refractivity contribution is 0.0150. The minimum absolute atomic E-state index is 0.0320. The lowest BCUT2D eigenvalue weighted by Gasteiger charge is -2.33. The van der Waals surface area contributed by atoms with Crippen LogP contribution in [0.2, 0.25) is 0 Å². The fourth-order valence-corrected chi connectivity index (χ4v) is 3.21. The van der Waals surface area contributed by atoms with Crippen LogP contribution in [0.1, 0.15) is 43.8 Å². The SMILES string of the molecule is COc1cnn(C)c1C(N)C(OC)C1CCCCC1. The number of methoxy groups -OCH3 is 2. The summed E-state index contributed by atoms with van der Waals surface area (Å²) >= 11 is 0. The molecule has 5 heteroatoms. The topological polar surface area (TPSA) is 62.3 Å². The van der Waals surface area contributed by atoms with Crippen molar-refractivity contribution in [2.75, 3.05) is 14.2 Å².